The fraction of sp³-hybridized carbons (Fsp3) is 0.333. The van der Waals surface area contributed by atoms with Crippen LogP contribution in [0.25, 0.3) is 0 Å². The summed E-state index contributed by atoms with van der Waals surface area (Å²) in [7, 11) is 0. The predicted octanol–water partition coefficient (Wildman–Crippen LogP) is 4.92. The molecule has 1 atom stereocenters. The number of hydrogen-bond donors (Lipinski definition) is 0. The van der Waals surface area contributed by atoms with E-state index in [4.69, 9.17) is 11.6 Å². The van der Waals surface area contributed by atoms with Crippen molar-refractivity contribution in [2.24, 2.45) is 5.92 Å². The summed E-state index contributed by atoms with van der Waals surface area (Å²) >= 11 is 7.81. The average molecular weight is 283 g/mol. The molecule has 0 saturated heterocycles. The van der Waals surface area contributed by atoms with Crippen molar-refractivity contribution in [2.75, 3.05) is 5.88 Å². The molecule has 1 unspecified atom stereocenters. The molecule has 0 aliphatic carbocycles. The molecule has 0 aliphatic heterocycles. The lowest BCUT2D eigenvalue weighted by Gasteiger charge is -2.13. The molecular weight excluding hydrogens is 267 g/mol. The summed E-state index contributed by atoms with van der Waals surface area (Å²) in [5.74, 6) is 0.932. The lowest BCUT2D eigenvalue weighted by molar-refractivity contribution is 0.537. The van der Waals surface area contributed by atoms with Gasteiger partial charge in [0.1, 0.15) is 5.82 Å². The van der Waals surface area contributed by atoms with Crippen LogP contribution in [-0.2, 0) is 12.8 Å². The van der Waals surface area contributed by atoms with Crippen LogP contribution in [0.1, 0.15) is 16.9 Å². The molecule has 0 saturated carbocycles. The minimum absolute atomic E-state index is 0.181. The van der Waals surface area contributed by atoms with Crippen molar-refractivity contribution in [3.8, 4) is 0 Å². The van der Waals surface area contributed by atoms with Crippen molar-refractivity contribution in [1.82, 2.24) is 0 Å². The molecule has 0 fully saturated rings. The van der Waals surface area contributed by atoms with Gasteiger partial charge in [-0.25, -0.2) is 4.39 Å². The minimum atomic E-state index is -0.181. The van der Waals surface area contributed by atoms with E-state index in [0.29, 0.717) is 11.8 Å². The second-order valence-electron chi connectivity index (χ2n) is 4.47. The molecule has 18 heavy (non-hydrogen) atoms. The Morgan fingerprint density at radius 3 is 2.56 bits per heavy atom. The molecule has 0 spiro atoms. The van der Waals surface area contributed by atoms with E-state index in [9.17, 15) is 4.39 Å². The van der Waals surface area contributed by atoms with Crippen LogP contribution < -0.4 is 0 Å². The van der Waals surface area contributed by atoms with Gasteiger partial charge in [0, 0.05) is 10.8 Å². The summed E-state index contributed by atoms with van der Waals surface area (Å²) in [6.45, 7) is 0. The molecule has 1 aromatic heterocycles. The fourth-order valence-electron chi connectivity index (χ4n) is 1.99. The number of alkyl halides is 1. The van der Waals surface area contributed by atoms with Crippen LogP contribution in [0.15, 0.2) is 41.8 Å². The van der Waals surface area contributed by atoms with E-state index in [0.717, 1.165) is 24.8 Å². The van der Waals surface area contributed by atoms with Crippen LogP contribution >= 0.6 is 22.9 Å². The van der Waals surface area contributed by atoms with Crippen molar-refractivity contribution in [3.05, 3.63) is 58.0 Å². The Kier molecular flexibility index (Phi) is 5.21. The summed E-state index contributed by atoms with van der Waals surface area (Å²) in [4.78, 5) is 1.41. The number of aryl methyl sites for hydroxylation is 1. The lowest BCUT2D eigenvalue weighted by Crippen LogP contribution is -2.07. The third-order valence-electron chi connectivity index (χ3n) is 3.03. The maximum Gasteiger partial charge on any atom is 0.123 e. The maximum atomic E-state index is 12.8. The summed E-state index contributed by atoms with van der Waals surface area (Å²) in [5.41, 5.74) is 1.16. The summed E-state index contributed by atoms with van der Waals surface area (Å²) < 4.78 is 12.8. The Hall–Kier alpha value is -0.860. The molecule has 0 radical (unpaired) electrons. The van der Waals surface area contributed by atoms with Crippen LogP contribution in [0, 0.1) is 11.7 Å². The van der Waals surface area contributed by atoms with Crippen LogP contribution in [0.5, 0.6) is 0 Å². The number of hydrogen-bond acceptors (Lipinski definition) is 1. The normalized spacial score (nSPS) is 12.6. The number of thiophene rings is 1. The van der Waals surface area contributed by atoms with Gasteiger partial charge in [0.05, 0.1) is 0 Å². The highest BCUT2D eigenvalue weighted by molar-refractivity contribution is 7.09. The van der Waals surface area contributed by atoms with E-state index in [1.54, 1.807) is 11.3 Å². The number of benzene rings is 1. The molecule has 2 rings (SSSR count). The van der Waals surface area contributed by atoms with Gasteiger partial charge in [-0.1, -0.05) is 18.2 Å². The fourth-order valence-corrected chi connectivity index (χ4v) is 2.98. The standard InChI is InChI=1S/C15H16ClFS/c16-11-13(5-8-15-2-1-9-18-15)10-12-3-6-14(17)7-4-12/h1-4,6-7,9,13H,5,8,10-11H2. The first kappa shape index (κ1) is 13.6. The van der Waals surface area contributed by atoms with Crippen molar-refractivity contribution in [1.29, 1.82) is 0 Å². The van der Waals surface area contributed by atoms with Gasteiger partial charge in [-0.2, -0.15) is 0 Å². The van der Waals surface area contributed by atoms with Gasteiger partial charge in [-0.3, -0.25) is 0 Å². The molecule has 0 nitrogen and oxygen atoms in total. The first-order valence-electron chi connectivity index (χ1n) is 6.10. The Labute approximate surface area is 116 Å². The van der Waals surface area contributed by atoms with Gasteiger partial charge in [-0.15, -0.1) is 22.9 Å². The molecule has 1 aromatic carbocycles. The molecule has 0 bridgehead atoms. The minimum Gasteiger partial charge on any atom is -0.207 e. The zero-order chi connectivity index (χ0) is 12.8. The van der Waals surface area contributed by atoms with Gasteiger partial charge in [-0.05, 0) is 54.3 Å². The van der Waals surface area contributed by atoms with E-state index >= 15 is 0 Å². The second kappa shape index (κ2) is 6.91. The monoisotopic (exact) mass is 282 g/mol. The van der Waals surface area contributed by atoms with Crippen LogP contribution in [0.2, 0.25) is 0 Å². The molecule has 96 valence electrons. The lowest BCUT2D eigenvalue weighted by atomic mass is 9.96. The van der Waals surface area contributed by atoms with E-state index in [-0.39, 0.29) is 5.82 Å². The third-order valence-corrected chi connectivity index (χ3v) is 4.41. The summed E-state index contributed by atoms with van der Waals surface area (Å²) in [6, 6.07) is 11.0. The van der Waals surface area contributed by atoms with E-state index in [1.807, 2.05) is 12.1 Å². The van der Waals surface area contributed by atoms with Crippen molar-refractivity contribution >= 4 is 22.9 Å². The van der Waals surface area contributed by atoms with Crippen LogP contribution in [0.3, 0.4) is 0 Å². The Bertz CT molecular complexity index is 450. The summed E-state index contributed by atoms with van der Waals surface area (Å²) in [6.07, 6.45) is 3.09. The van der Waals surface area contributed by atoms with Gasteiger partial charge >= 0.3 is 0 Å². The van der Waals surface area contributed by atoms with Gasteiger partial charge < -0.3 is 0 Å². The average Bonchev–Trinajstić information content (AvgIpc) is 2.90. The zero-order valence-corrected chi connectivity index (χ0v) is 11.7. The molecule has 2 aromatic rings. The Morgan fingerprint density at radius 2 is 1.94 bits per heavy atom. The van der Waals surface area contributed by atoms with Crippen molar-refractivity contribution in [3.63, 3.8) is 0 Å². The largest absolute Gasteiger partial charge is 0.207 e. The maximum absolute atomic E-state index is 12.8. The number of rotatable bonds is 6. The van der Waals surface area contributed by atoms with Crippen molar-refractivity contribution < 1.29 is 4.39 Å². The van der Waals surface area contributed by atoms with Crippen LogP contribution in [-0.4, -0.2) is 5.88 Å². The predicted molar refractivity (Wildman–Crippen MR) is 77.0 cm³/mol. The SMILES string of the molecule is Fc1ccc(CC(CCl)CCc2cccs2)cc1. The van der Waals surface area contributed by atoms with Gasteiger partial charge in [0.15, 0.2) is 0 Å². The summed E-state index contributed by atoms with van der Waals surface area (Å²) in [5, 5.41) is 2.10. The first-order chi connectivity index (χ1) is 8.78. The highest BCUT2D eigenvalue weighted by Crippen LogP contribution is 2.19. The topological polar surface area (TPSA) is 0 Å². The quantitative estimate of drug-likeness (QED) is 0.660. The molecular formula is C15H16ClFS. The zero-order valence-electron chi connectivity index (χ0n) is 10.1. The number of halogens is 2. The first-order valence-corrected chi connectivity index (χ1v) is 7.52. The highest BCUT2D eigenvalue weighted by Gasteiger charge is 2.09. The van der Waals surface area contributed by atoms with E-state index < -0.39 is 0 Å². The van der Waals surface area contributed by atoms with Crippen LogP contribution in [0.4, 0.5) is 4.39 Å². The molecule has 1 heterocycles. The highest BCUT2D eigenvalue weighted by atomic mass is 35.5. The third kappa shape index (κ3) is 4.11. The molecule has 3 heteroatoms. The molecule has 0 amide bonds. The van der Waals surface area contributed by atoms with Gasteiger partial charge in [0.2, 0.25) is 0 Å². The van der Waals surface area contributed by atoms with E-state index in [1.165, 1.54) is 17.0 Å². The van der Waals surface area contributed by atoms with Gasteiger partial charge in [0.25, 0.3) is 0 Å². The molecule has 0 aliphatic rings. The van der Waals surface area contributed by atoms with E-state index in [2.05, 4.69) is 17.5 Å². The Morgan fingerprint density at radius 1 is 1.17 bits per heavy atom. The Balaban J connectivity index is 1.87. The smallest absolute Gasteiger partial charge is 0.123 e. The molecule has 0 N–H and O–H groups in total. The van der Waals surface area contributed by atoms with Crippen molar-refractivity contribution in [2.45, 2.75) is 19.3 Å². The second-order valence-corrected chi connectivity index (χ2v) is 5.81.